The number of hydrazone groups is 1. The van der Waals surface area contributed by atoms with Gasteiger partial charge in [0.15, 0.2) is 0 Å². The number of rotatable bonds is 4. The normalized spacial score (nSPS) is 11.1. The molecule has 1 N–H and O–H groups in total. The average Bonchev–Trinajstić information content (AvgIpc) is 2.52. The van der Waals surface area contributed by atoms with Crippen LogP contribution in [0.15, 0.2) is 53.6 Å². The summed E-state index contributed by atoms with van der Waals surface area (Å²) < 4.78 is 6.12. The van der Waals surface area contributed by atoms with Gasteiger partial charge in [-0.3, -0.25) is 4.79 Å². The lowest BCUT2D eigenvalue weighted by Crippen LogP contribution is -2.19. The standard InChI is InChI=1S/C16H15IN2O2/c1-11(12-6-8-15(21-2)9-7-12)18-19-16(20)13-4-3-5-14(17)10-13/h3-10H,1-2H3,(H,19,20)/b18-11+. The molecular weight excluding hydrogens is 379 g/mol. The lowest BCUT2D eigenvalue weighted by Gasteiger charge is -2.04. The molecule has 0 atom stereocenters. The van der Waals surface area contributed by atoms with Crippen molar-refractivity contribution in [2.24, 2.45) is 5.10 Å². The summed E-state index contributed by atoms with van der Waals surface area (Å²) in [7, 11) is 1.62. The van der Waals surface area contributed by atoms with E-state index in [1.54, 1.807) is 13.2 Å². The largest absolute Gasteiger partial charge is 0.497 e. The zero-order valence-corrected chi connectivity index (χ0v) is 13.9. The Morgan fingerprint density at radius 2 is 1.86 bits per heavy atom. The Balaban J connectivity index is 2.07. The van der Waals surface area contributed by atoms with Gasteiger partial charge in [0, 0.05) is 9.13 Å². The topological polar surface area (TPSA) is 50.7 Å². The first kappa shape index (κ1) is 15.5. The molecule has 0 aromatic heterocycles. The summed E-state index contributed by atoms with van der Waals surface area (Å²) in [5, 5.41) is 4.13. The van der Waals surface area contributed by atoms with Crippen LogP contribution >= 0.6 is 22.6 Å². The number of carbonyl (C=O) groups is 1. The van der Waals surface area contributed by atoms with Crippen LogP contribution < -0.4 is 10.2 Å². The van der Waals surface area contributed by atoms with Crippen molar-refractivity contribution in [3.05, 3.63) is 63.2 Å². The summed E-state index contributed by atoms with van der Waals surface area (Å²) in [6.07, 6.45) is 0. The number of carbonyl (C=O) groups excluding carboxylic acids is 1. The van der Waals surface area contributed by atoms with E-state index >= 15 is 0 Å². The van der Waals surface area contributed by atoms with Crippen molar-refractivity contribution >= 4 is 34.2 Å². The van der Waals surface area contributed by atoms with Crippen molar-refractivity contribution in [3.63, 3.8) is 0 Å². The van der Waals surface area contributed by atoms with Crippen molar-refractivity contribution in [1.82, 2.24) is 5.43 Å². The Labute approximate surface area is 137 Å². The third-order valence-electron chi connectivity index (χ3n) is 2.92. The molecule has 2 aromatic rings. The van der Waals surface area contributed by atoms with Gasteiger partial charge in [-0.25, -0.2) is 5.43 Å². The van der Waals surface area contributed by atoms with Crippen LogP contribution in [0.5, 0.6) is 5.75 Å². The number of methoxy groups -OCH3 is 1. The summed E-state index contributed by atoms with van der Waals surface area (Å²) in [4.78, 5) is 12.0. The maximum absolute atomic E-state index is 12.0. The molecule has 4 nitrogen and oxygen atoms in total. The fourth-order valence-electron chi connectivity index (χ4n) is 1.73. The predicted molar refractivity (Wildman–Crippen MR) is 91.8 cm³/mol. The summed E-state index contributed by atoms with van der Waals surface area (Å²) in [6.45, 7) is 1.84. The van der Waals surface area contributed by atoms with Gasteiger partial charge >= 0.3 is 0 Å². The van der Waals surface area contributed by atoms with E-state index in [1.165, 1.54) is 0 Å². The van der Waals surface area contributed by atoms with Crippen molar-refractivity contribution in [3.8, 4) is 5.75 Å². The maximum Gasteiger partial charge on any atom is 0.271 e. The molecule has 0 saturated heterocycles. The third kappa shape index (κ3) is 4.29. The molecule has 108 valence electrons. The number of amides is 1. The molecule has 1 amide bonds. The molecule has 0 saturated carbocycles. The average molecular weight is 394 g/mol. The molecule has 21 heavy (non-hydrogen) atoms. The zero-order chi connectivity index (χ0) is 15.2. The first-order valence-corrected chi connectivity index (χ1v) is 7.42. The first-order valence-electron chi connectivity index (χ1n) is 6.35. The number of benzene rings is 2. The third-order valence-corrected chi connectivity index (χ3v) is 3.59. The van der Waals surface area contributed by atoms with Crippen LogP contribution in [0.2, 0.25) is 0 Å². The Morgan fingerprint density at radius 3 is 2.48 bits per heavy atom. The van der Waals surface area contributed by atoms with Crippen molar-refractivity contribution in [2.45, 2.75) is 6.92 Å². The van der Waals surface area contributed by atoms with E-state index in [0.717, 1.165) is 20.6 Å². The fourth-order valence-corrected chi connectivity index (χ4v) is 2.27. The van der Waals surface area contributed by atoms with Gasteiger partial charge in [-0.2, -0.15) is 5.10 Å². The van der Waals surface area contributed by atoms with Crippen molar-refractivity contribution < 1.29 is 9.53 Å². The van der Waals surface area contributed by atoms with Crippen LogP contribution in [0.1, 0.15) is 22.8 Å². The minimum absolute atomic E-state index is 0.221. The van der Waals surface area contributed by atoms with Gasteiger partial charge < -0.3 is 4.74 Å². The SMILES string of the molecule is COc1ccc(/C(C)=N/NC(=O)c2cccc(I)c2)cc1. The summed E-state index contributed by atoms with van der Waals surface area (Å²) >= 11 is 2.17. The van der Waals surface area contributed by atoms with E-state index in [4.69, 9.17) is 4.74 Å². The zero-order valence-electron chi connectivity index (χ0n) is 11.8. The number of nitrogens with one attached hydrogen (secondary N) is 1. The Bertz CT molecular complexity index is 666. The first-order chi connectivity index (χ1) is 10.1. The molecule has 0 aliphatic heterocycles. The molecule has 0 radical (unpaired) electrons. The second-order valence-corrected chi connectivity index (χ2v) is 5.62. The molecule has 0 aliphatic carbocycles. The monoisotopic (exact) mass is 394 g/mol. The highest BCUT2D eigenvalue weighted by molar-refractivity contribution is 14.1. The minimum Gasteiger partial charge on any atom is -0.497 e. The van der Waals surface area contributed by atoms with Gasteiger partial charge in [-0.05, 0) is 77.5 Å². The van der Waals surface area contributed by atoms with E-state index in [2.05, 4.69) is 33.1 Å². The van der Waals surface area contributed by atoms with Gasteiger partial charge in [-0.1, -0.05) is 6.07 Å². The molecule has 0 bridgehead atoms. The molecule has 0 fully saturated rings. The Kier molecular flexibility index (Phi) is 5.32. The molecule has 5 heteroatoms. The quantitative estimate of drug-likeness (QED) is 0.491. The van der Waals surface area contributed by atoms with Crippen LogP contribution in [-0.2, 0) is 0 Å². The van der Waals surface area contributed by atoms with E-state index in [1.807, 2.05) is 49.4 Å². The predicted octanol–water partition coefficient (Wildman–Crippen LogP) is 3.45. The van der Waals surface area contributed by atoms with Crippen molar-refractivity contribution in [1.29, 1.82) is 0 Å². The van der Waals surface area contributed by atoms with Gasteiger partial charge in [0.1, 0.15) is 5.75 Å². The number of halogens is 1. The lowest BCUT2D eigenvalue weighted by atomic mass is 10.1. The highest BCUT2D eigenvalue weighted by atomic mass is 127. The molecular formula is C16H15IN2O2. The second-order valence-electron chi connectivity index (χ2n) is 4.38. The van der Waals surface area contributed by atoms with Gasteiger partial charge in [-0.15, -0.1) is 0 Å². The number of hydrogen-bond donors (Lipinski definition) is 1. The van der Waals surface area contributed by atoms with Gasteiger partial charge in [0.2, 0.25) is 0 Å². The smallest absolute Gasteiger partial charge is 0.271 e. The lowest BCUT2D eigenvalue weighted by molar-refractivity contribution is 0.0955. The van der Waals surface area contributed by atoms with Crippen LogP contribution in [0, 0.1) is 3.57 Å². The van der Waals surface area contributed by atoms with Gasteiger partial charge in [0.05, 0.1) is 12.8 Å². The fraction of sp³-hybridized carbons (Fsp3) is 0.125. The second kappa shape index (κ2) is 7.21. The molecule has 0 spiro atoms. The highest BCUT2D eigenvalue weighted by Crippen LogP contribution is 2.12. The van der Waals surface area contributed by atoms with E-state index in [-0.39, 0.29) is 5.91 Å². The van der Waals surface area contributed by atoms with Crippen molar-refractivity contribution in [2.75, 3.05) is 7.11 Å². The summed E-state index contributed by atoms with van der Waals surface area (Å²) in [6, 6.07) is 14.9. The van der Waals surface area contributed by atoms with Crippen LogP contribution in [0.25, 0.3) is 0 Å². The summed E-state index contributed by atoms with van der Waals surface area (Å²) in [5.41, 5.74) is 4.82. The van der Waals surface area contributed by atoms with Crippen LogP contribution in [0.4, 0.5) is 0 Å². The van der Waals surface area contributed by atoms with Crippen LogP contribution in [0.3, 0.4) is 0 Å². The molecule has 0 heterocycles. The number of hydrogen-bond acceptors (Lipinski definition) is 3. The molecule has 2 aromatic carbocycles. The van der Waals surface area contributed by atoms with Crippen LogP contribution in [-0.4, -0.2) is 18.7 Å². The van der Waals surface area contributed by atoms with E-state index in [9.17, 15) is 4.79 Å². The van der Waals surface area contributed by atoms with E-state index < -0.39 is 0 Å². The minimum atomic E-state index is -0.221. The number of nitrogens with zero attached hydrogens (tertiary/aromatic N) is 1. The highest BCUT2D eigenvalue weighted by Gasteiger charge is 2.05. The van der Waals surface area contributed by atoms with Gasteiger partial charge in [0.25, 0.3) is 5.91 Å². The van der Waals surface area contributed by atoms with E-state index in [0.29, 0.717) is 5.56 Å². The summed E-state index contributed by atoms with van der Waals surface area (Å²) in [5.74, 6) is 0.566. The molecule has 0 aliphatic rings. The molecule has 0 unspecified atom stereocenters. The maximum atomic E-state index is 12.0. The Morgan fingerprint density at radius 1 is 1.14 bits per heavy atom. The number of ether oxygens (including phenoxy) is 1. The Hall–Kier alpha value is -1.89. The molecule has 2 rings (SSSR count).